The molecule has 5 aromatic rings. The van der Waals surface area contributed by atoms with Crippen molar-refractivity contribution in [2.45, 2.75) is 25.4 Å². The molecule has 0 bridgehead atoms. The molecule has 0 amide bonds. The van der Waals surface area contributed by atoms with Crippen molar-refractivity contribution in [3.63, 3.8) is 0 Å². The normalized spacial score (nSPS) is 12.3. The second-order valence-corrected chi connectivity index (χ2v) is 8.60. The standard InChI is InChI=1S/C27H21F3N4/c1-26(2,23-12-6-10-21(32-23)19-13-15-31-25(17-19)27(28,29)30)24-14-16-34(33-24)22-11-5-8-18-7-3-4-9-20(18)22/h3-17H,1-2H3. The number of fused-ring (bicyclic) bond motifs is 1. The molecule has 0 atom stereocenters. The molecule has 4 nitrogen and oxygen atoms in total. The number of halogens is 3. The van der Waals surface area contributed by atoms with Crippen LogP contribution < -0.4 is 0 Å². The monoisotopic (exact) mass is 458 g/mol. The van der Waals surface area contributed by atoms with Crippen molar-refractivity contribution in [2.75, 3.05) is 0 Å². The maximum atomic E-state index is 13.1. The van der Waals surface area contributed by atoms with Gasteiger partial charge in [-0.15, -0.1) is 0 Å². The lowest BCUT2D eigenvalue weighted by Crippen LogP contribution is -2.22. The Morgan fingerprint density at radius 3 is 2.35 bits per heavy atom. The van der Waals surface area contributed by atoms with Gasteiger partial charge in [0, 0.05) is 23.3 Å². The van der Waals surface area contributed by atoms with Gasteiger partial charge >= 0.3 is 6.18 Å². The van der Waals surface area contributed by atoms with Gasteiger partial charge in [-0.2, -0.15) is 18.3 Å². The van der Waals surface area contributed by atoms with Crippen molar-refractivity contribution < 1.29 is 13.2 Å². The molecule has 0 N–H and O–H groups in total. The van der Waals surface area contributed by atoms with Gasteiger partial charge in [0.2, 0.25) is 0 Å². The lowest BCUT2D eigenvalue weighted by atomic mass is 9.85. The van der Waals surface area contributed by atoms with Crippen molar-refractivity contribution in [1.82, 2.24) is 19.7 Å². The van der Waals surface area contributed by atoms with E-state index >= 15 is 0 Å². The summed E-state index contributed by atoms with van der Waals surface area (Å²) in [4.78, 5) is 8.14. The predicted octanol–water partition coefficient (Wildman–Crippen LogP) is 6.83. The fraction of sp³-hybridized carbons (Fsp3) is 0.148. The minimum atomic E-state index is -4.51. The number of aromatic nitrogens is 4. The van der Waals surface area contributed by atoms with Crippen molar-refractivity contribution in [2.24, 2.45) is 0 Å². The molecule has 3 aromatic heterocycles. The summed E-state index contributed by atoms with van der Waals surface area (Å²) in [6, 6.07) is 24.1. The molecular formula is C27H21F3N4. The van der Waals surface area contributed by atoms with E-state index < -0.39 is 17.3 Å². The van der Waals surface area contributed by atoms with E-state index in [1.165, 1.54) is 6.07 Å². The van der Waals surface area contributed by atoms with Crippen molar-refractivity contribution in [3.8, 4) is 16.9 Å². The van der Waals surface area contributed by atoms with Gasteiger partial charge in [-0.1, -0.05) is 42.5 Å². The first-order chi connectivity index (χ1) is 16.2. The second-order valence-electron chi connectivity index (χ2n) is 8.60. The van der Waals surface area contributed by atoms with Crippen LogP contribution >= 0.6 is 0 Å². The zero-order valence-electron chi connectivity index (χ0n) is 18.6. The number of hydrogen-bond donors (Lipinski definition) is 0. The van der Waals surface area contributed by atoms with E-state index in [0.717, 1.165) is 34.4 Å². The molecule has 5 rings (SSSR count). The molecule has 0 aliphatic carbocycles. The van der Waals surface area contributed by atoms with Gasteiger partial charge in [0.05, 0.1) is 28.2 Å². The Morgan fingerprint density at radius 1 is 0.765 bits per heavy atom. The lowest BCUT2D eigenvalue weighted by molar-refractivity contribution is -0.141. The Hall–Kier alpha value is -4.00. The molecule has 0 saturated carbocycles. The smallest absolute Gasteiger partial charge is 0.252 e. The van der Waals surface area contributed by atoms with Gasteiger partial charge in [-0.05, 0) is 55.6 Å². The van der Waals surface area contributed by atoms with Crippen LogP contribution in [0.1, 0.15) is 30.9 Å². The minimum Gasteiger partial charge on any atom is -0.252 e. The quantitative estimate of drug-likeness (QED) is 0.297. The Kier molecular flexibility index (Phi) is 5.20. The summed E-state index contributed by atoms with van der Waals surface area (Å²) in [5.74, 6) is 0. The van der Waals surface area contributed by atoms with Crippen molar-refractivity contribution in [1.29, 1.82) is 0 Å². The summed E-state index contributed by atoms with van der Waals surface area (Å²) in [5.41, 5.74) is 1.78. The molecule has 34 heavy (non-hydrogen) atoms. The first-order valence-electron chi connectivity index (χ1n) is 10.8. The van der Waals surface area contributed by atoms with Crippen LogP contribution in [0.4, 0.5) is 13.2 Å². The van der Waals surface area contributed by atoms with Crippen LogP contribution in [0.5, 0.6) is 0 Å². The number of hydrogen-bond acceptors (Lipinski definition) is 3. The van der Waals surface area contributed by atoms with Gasteiger partial charge < -0.3 is 0 Å². The molecule has 0 saturated heterocycles. The van der Waals surface area contributed by atoms with Crippen LogP contribution in [0, 0.1) is 0 Å². The molecule has 0 radical (unpaired) electrons. The Morgan fingerprint density at radius 2 is 1.53 bits per heavy atom. The van der Waals surface area contributed by atoms with Gasteiger partial charge in [0.25, 0.3) is 0 Å². The van der Waals surface area contributed by atoms with E-state index in [0.29, 0.717) is 17.0 Å². The number of alkyl halides is 3. The lowest BCUT2D eigenvalue weighted by Gasteiger charge is -2.22. The zero-order valence-corrected chi connectivity index (χ0v) is 18.6. The van der Waals surface area contributed by atoms with E-state index in [4.69, 9.17) is 10.1 Å². The van der Waals surface area contributed by atoms with Crippen LogP contribution in [0.2, 0.25) is 0 Å². The first kappa shape index (κ1) is 21.8. The summed E-state index contributed by atoms with van der Waals surface area (Å²) in [6.07, 6.45) is -1.44. The third-order valence-corrected chi connectivity index (χ3v) is 5.98. The fourth-order valence-electron chi connectivity index (χ4n) is 4.02. The maximum Gasteiger partial charge on any atom is 0.433 e. The molecule has 3 heterocycles. The topological polar surface area (TPSA) is 43.6 Å². The summed E-state index contributed by atoms with van der Waals surface area (Å²) in [7, 11) is 0. The third kappa shape index (κ3) is 3.94. The summed E-state index contributed by atoms with van der Waals surface area (Å²) >= 11 is 0. The summed E-state index contributed by atoms with van der Waals surface area (Å²) in [5, 5.41) is 7.06. The highest BCUT2D eigenvalue weighted by atomic mass is 19.4. The van der Waals surface area contributed by atoms with Crippen molar-refractivity contribution >= 4 is 10.8 Å². The zero-order chi connectivity index (χ0) is 23.9. The highest BCUT2D eigenvalue weighted by molar-refractivity contribution is 5.89. The molecule has 7 heteroatoms. The molecule has 0 aliphatic rings. The highest BCUT2D eigenvalue weighted by Crippen LogP contribution is 2.33. The number of nitrogens with zero attached hydrogens (tertiary/aromatic N) is 4. The number of benzene rings is 2. The molecular weight excluding hydrogens is 437 g/mol. The van der Waals surface area contributed by atoms with Crippen LogP contribution in [0.25, 0.3) is 27.7 Å². The van der Waals surface area contributed by atoms with E-state index in [1.54, 1.807) is 12.1 Å². The number of rotatable bonds is 4. The molecule has 0 spiro atoms. The minimum absolute atomic E-state index is 0.362. The third-order valence-electron chi connectivity index (χ3n) is 5.98. The van der Waals surface area contributed by atoms with Crippen LogP contribution in [0.15, 0.2) is 91.3 Å². The fourth-order valence-corrected chi connectivity index (χ4v) is 4.02. The van der Waals surface area contributed by atoms with Gasteiger partial charge in [-0.3, -0.25) is 9.97 Å². The van der Waals surface area contributed by atoms with Gasteiger partial charge in [0.1, 0.15) is 5.69 Å². The average Bonchev–Trinajstić information content (AvgIpc) is 3.34. The summed E-state index contributed by atoms with van der Waals surface area (Å²) in [6.45, 7) is 4.01. The Balaban J connectivity index is 1.52. The van der Waals surface area contributed by atoms with Crippen LogP contribution in [-0.2, 0) is 11.6 Å². The molecule has 170 valence electrons. The van der Waals surface area contributed by atoms with Crippen LogP contribution in [-0.4, -0.2) is 19.7 Å². The van der Waals surface area contributed by atoms with Crippen molar-refractivity contribution in [3.05, 3.63) is 108 Å². The number of pyridine rings is 2. The highest BCUT2D eigenvalue weighted by Gasteiger charge is 2.33. The first-order valence-corrected chi connectivity index (χ1v) is 10.8. The van der Waals surface area contributed by atoms with E-state index in [-0.39, 0.29) is 0 Å². The van der Waals surface area contributed by atoms with E-state index in [1.807, 2.05) is 61.1 Å². The molecule has 0 unspecified atom stereocenters. The Labute approximate surface area is 194 Å². The molecule has 2 aromatic carbocycles. The van der Waals surface area contributed by atoms with Gasteiger partial charge in [-0.25, -0.2) is 4.68 Å². The molecule has 0 aliphatic heterocycles. The molecule has 0 fully saturated rings. The van der Waals surface area contributed by atoms with Crippen LogP contribution in [0.3, 0.4) is 0 Å². The largest absolute Gasteiger partial charge is 0.433 e. The van der Waals surface area contributed by atoms with E-state index in [2.05, 4.69) is 23.2 Å². The summed E-state index contributed by atoms with van der Waals surface area (Å²) < 4.78 is 41.2. The predicted molar refractivity (Wildman–Crippen MR) is 126 cm³/mol. The maximum absolute atomic E-state index is 13.1. The Bertz CT molecular complexity index is 1480. The second kappa shape index (κ2) is 8.09. The average molecular weight is 458 g/mol. The SMILES string of the molecule is CC(C)(c1cccc(-c2ccnc(C(F)(F)F)c2)n1)c1ccn(-c2cccc3ccccc23)n1. The van der Waals surface area contributed by atoms with Gasteiger partial charge in [0.15, 0.2) is 0 Å². The van der Waals surface area contributed by atoms with E-state index in [9.17, 15) is 13.2 Å².